The summed E-state index contributed by atoms with van der Waals surface area (Å²) in [6, 6.07) is 1.46. The lowest BCUT2D eigenvalue weighted by Crippen LogP contribution is -2.14. The van der Waals surface area contributed by atoms with Crippen LogP contribution in [0, 0.1) is 5.82 Å². The van der Waals surface area contributed by atoms with Gasteiger partial charge in [0.2, 0.25) is 0 Å². The predicted octanol–water partition coefficient (Wildman–Crippen LogP) is 2.22. The highest BCUT2D eigenvalue weighted by Crippen LogP contribution is 2.01. The molecule has 4 heteroatoms. The Morgan fingerprint density at radius 2 is 2.38 bits per heavy atom. The van der Waals surface area contributed by atoms with Gasteiger partial charge in [0.1, 0.15) is 5.82 Å². The summed E-state index contributed by atoms with van der Waals surface area (Å²) in [4.78, 5) is 3.73. The number of pyridine rings is 1. The molecule has 13 heavy (non-hydrogen) atoms. The van der Waals surface area contributed by atoms with E-state index in [0.717, 1.165) is 10.0 Å². The molecule has 0 saturated heterocycles. The molecule has 0 atom stereocenters. The van der Waals surface area contributed by atoms with Crippen molar-refractivity contribution in [3.05, 3.63) is 40.9 Å². The standard InChI is InChI=1S/C9H10BrFN2/c1-7(10)3-12-4-8-2-9(11)6-13-5-8/h2,5-6,12H,1,3-4H2. The lowest BCUT2D eigenvalue weighted by atomic mass is 10.3. The number of nitrogens with zero attached hydrogens (tertiary/aromatic N) is 1. The Bertz CT molecular complexity index is 301. The first-order valence-electron chi connectivity index (χ1n) is 3.82. The second kappa shape index (κ2) is 5.09. The molecule has 1 aromatic heterocycles. The Morgan fingerprint density at radius 3 is 3.00 bits per heavy atom. The molecular weight excluding hydrogens is 235 g/mol. The van der Waals surface area contributed by atoms with Gasteiger partial charge in [0, 0.05) is 23.8 Å². The van der Waals surface area contributed by atoms with E-state index < -0.39 is 0 Å². The summed E-state index contributed by atoms with van der Waals surface area (Å²) < 4.78 is 13.5. The smallest absolute Gasteiger partial charge is 0.141 e. The van der Waals surface area contributed by atoms with E-state index in [0.29, 0.717) is 13.1 Å². The molecule has 0 spiro atoms. The summed E-state index contributed by atoms with van der Waals surface area (Å²) in [6.45, 7) is 4.92. The van der Waals surface area contributed by atoms with Crippen LogP contribution in [0.1, 0.15) is 5.56 Å². The Labute approximate surface area is 85.0 Å². The van der Waals surface area contributed by atoms with Crippen molar-refractivity contribution in [3.8, 4) is 0 Å². The Balaban J connectivity index is 2.41. The molecule has 0 aliphatic rings. The van der Waals surface area contributed by atoms with E-state index in [1.807, 2.05) is 0 Å². The van der Waals surface area contributed by atoms with Gasteiger partial charge in [-0.05, 0) is 11.6 Å². The zero-order chi connectivity index (χ0) is 9.68. The van der Waals surface area contributed by atoms with Gasteiger partial charge in [-0.15, -0.1) is 0 Å². The number of halogens is 2. The molecule has 0 radical (unpaired) electrons. The van der Waals surface area contributed by atoms with Gasteiger partial charge < -0.3 is 5.32 Å². The molecule has 0 aliphatic carbocycles. The minimum absolute atomic E-state index is 0.308. The van der Waals surface area contributed by atoms with Crippen LogP contribution < -0.4 is 5.32 Å². The van der Waals surface area contributed by atoms with Gasteiger partial charge in [-0.25, -0.2) is 4.39 Å². The number of hydrogen-bond donors (Lipinski definition) is 1. The van der Waals surface area contributed by atoms with Crippen molar-refractivity contribution in [3.63, 3.8) is 0 Å². The summed E-state index contributed by atoms with van der Waals surface area (Å²) in [7, 11) is 0. The topological polar surface area (TPSA) is 24.9 Å². The highest BCUT2D eigenvalue weighted by Gasteiger charge is 1.95. The van der Waals surface area contributed by atoms with Crippen molar-refractivity contribution < 1.29 is 4.39 Å². The molecule has 70 valence electrons. The SMILES string of the molecule is C=C(Br)CNCc1cncc(F)c1. The van der Waals surface area contributed by atoms with Gasteiger partial charge >= 0.3 is 0 Å². The Kier molecular flexibility index (Phi) is 4.05. The van der Waals surface area contributed by atoms with Gasteiger partial charge in [0.25, 0.3) is 0 Å². The third kappa shape index (κ3) is 4.15. The monoisotopic (exact) mass is 244 g/mol. The molecule has 0 aliphatic heterocycles. The molecule has 0 fully saturated rings. The van der Waals surface area contributed by atoms with Gasteiger partial charge in [0.15, 0.2) is 0 Å². The third-order valence-corrected chi connectivity index (χ3v) is 1.69. The number of aromatic nitrogens is 1. The van der Waals surface area contributed by atoms with Crippen LogP contribution in [0.25, 0.3) is 0 Å². The van der Waals surface area contributed by atoms with Crippen molar-refractivity contribution in [1.29, 1.82) is 0 Å². The minimum atomic E-state index is -0.308. The van der Waals surface area contributed by atoms with Crippen molar-refractivity contribution >= 4 is 15.9 Å². The van der Waals surface area contributed by atoms with Crippen molar-refractivity contribution in [2.45, 2.75) is 6.54 Å². The number of nitrogens with one attached hydrogen (secondary N) is 1. The zero-order valence-corrected chi connectivity index (χ0v) is 8.64. The molecule has 1 rings (SSSR count). The highest BCUT2D eigenvalue weighted by atomic mass is 79.9. The predicted molar refractivity (Wildman–Crippen MR) is 54.0 cm³/mol. The molecule has 1 aromatic rings. The van der Waals surface area contributed by atoms with Gasteiger partial charge in [0.05, 0.1) is 6.20 Å². The summed E-state index contributed by atoms with van der Waals surface area (Å²) >= 11 is 3.22. The molecule has 0 bridgehead atoms. The molecule has 0 unspecified atom stereocenters. The lowest BCUT2D eigenvalue weighted by Gasteiger charge is -2.02. The molecular formula is C9H10BrFN2. The van der Waals surface area contributed by atoms with Crippen LogP contribution in [0.5, 0.6) is 0 Å². The zero-order valence-electron chi connectivity index (χ0n) is 7.06. The van der Waals surface area contributed by atoms with E-state index in [2.05, 4.69) is 32.8 Å². The Hall–Kier alpha value is -0.740. The first kappa shape index (κ1) is 10.3. The number of rotatable bonds is 4. The fourth-order valence-corrected chi connectivity index (χ4v) is 1.09. The van der Waals surface area contributed by atoms with Crippen LogP contribution in [0.3, 0.4) is 0 Å². The average Bonchev–Trinajstić information content (AvgIpc) is 2.03. The molecule has 2 nitrogen and oxygen atoms in total. The van der Waals surface area contributed by atoms with E-state index in [4.69, 9.17) is 0 Å². The van der Waals surface area contributed by atoms with Crippen LogP contribution in [0.15, 0.2) is 29.5 Å². The molecule has 1 N–H and O–H groups in total. The van der Waals surface area contributed by atoms with Crippen LogP contribution in [0.2, 0.25) is 0 Å². The van der Waals surface area contributed by atoms with Gasteiger partial charge in [-0.2, -0.15) is 0 Å². The van der Waals surface area contributed by atoms with E-state index in [-0.39, 0.29) is 5.82 Å². The molecule has 0 amide bonds. The fourth-order valence-electron chi connectivity index (χ4n) is 0.895. The normalized spacial score (nSPS) is 10.0. The van der Waals surface area contributed by atoms with Gasteiger partial charge in [-0.1, -0.05) is 22.5 Å². The fraction of sp³-hybridized carbons (Fsp3) is 0.222. The minimum Gasteiger partial charge on any atom is -0.308 e. The molecule has 0 saturated carbocycles. The van der Waals surface area contributed by atoms with E-state index in [1.54, 1.807) is 6.20 Å². The van der Waals surface area contributed by atoms with Crippen molar-refractivity contribution in [2.24, 2.45) is 0 Å². The van der Waals surface area contributed by atoms with Gasteiger partial charge in [-0.3, -0.25) is 4.98 Å². The summed E-state index contributed by atoms with van der Waals surface area (Å²) in [5.41, 5.74) is 0.828. The molecule has 1 heterocycles. The molecule has 0 aromatic carbocycles. The second-order valence-electron chi connectivity index (χ2n) is 2.63. The quantitative estimate of drug-likeness (QED) is 0.879. The summed E-state index contributed by atoms with van der Waals surface area (Å²) in [6.07, 6.45) is 2.82. The lowest BCUT2D eigenvalue weighted by molar-refractivity contribution is 0.615. The van der Waals surface area contributed by atoms with Crippen molar-refractivity contribution in [2.75, 3.05) is 6.54 Å². The Morgan fingerprint density at radius 1 is 1.62 bits per heavy atom. The largest absolute Gasteiger partial charge is 0.308 e. The maximum absolute atomic E-state index is 12.6. The van der Waals surface area contributed by atoms with Crippen LogP contribution in [0.4, 0.5) is 4.39 Å². The summed E-state index contributed by atoms with van der Waals surface area (Å²) in [5.74, 6) is -0.308. The van der Waals surface area contributed by atoms with Crippen LogP contribution in [-0.4, -0.2) is 11.5 Å². The van der Waals surface area contributed by atoms with Crippen LogP contribution >= 0.6 is 15.9 Å². The highest BCUT2D eigenvalue weighted by molar-refractivity contribution is 9.11. The van der Waals surface area contributed by atoms with E-state index in [1.165, 1.54) is 12.3 Å². The van der Waals surface area contributed by atoms with Crippen LogP contribution in [-0.2, 0) is 6.54 Å². The first-order chi connectivity index (χ1) is 6.18. The summed E-state index contributed by atoms with van der Waals surface area (Å²) in [5, 5.41) is 3.08. The maximum atomic E-state index is 12.6. The van der Waals surface area contributed by atoms with E-state index in [9.17, 15) is 4.39 Å². The first-order valence-corrected chi connectivity index (χ1v) is 4.61. The average molecular weight is 245 g/mol. The third-order valence-electron chi connectivity index (χ3n) is 1.41. The van der Waals surface area contributed by atoms with Crippen molar-refractivity contribution in [1.82, 2.24) is 10.3 Å². The maximum Gasteiger partial charge on any atom is 0.141 e. The number of hydrogen-bond acceptors (Lipinski definition) is 2. The van der Waals surface area contributed by atoms with E-state index >= 15 is 0 Å². The second-order valence-corrected chi connectivity index (χ2v) is 3.75.